The molecule has 36 heavy (non-hydrogen) atoms. The fourth-order valence-corrected chi connectivity index (χ4v) is 4.64. The maximum absolute atomic E-state index is 14.4. The average molecular weight is 529 g/mol. The van der Waals surface area contributed by atoms with Crippen LogP contribution in [0.2, 0.25) is 0 Å². The van der Waals surface area contributed by atoms with Gasteiger partial charge in [-0.2, -0.15) is 0 Å². The molecule has 202 valence electrons. The van der Waals surface area contributed by atoms with Crippen molar-refractivity contribution in [3.8, 4) is 0 Å². The van der Waals surface area contributed by atoms with Crippen LogP contribution in [0.3, 0.4) is 0 Å². The number of hydrogen-bond acceptors (Lipinski definition) is 4. The molecule has 1 heterocycles. The maximum Gasteiger partial charge on any atom is 0.266 e. The molecule has 5 nitrogen and oxygen atoms in total. The van der Waals surface area contributed by atoms with Crippen molar-refractivity contribution in [1.82, 2.24) is 10.2 Å². The Bertz CT molecular complexity index is 892. The first-order valence-corrected chi connectivity index (χ1v) is 13.1. The lowest BCUT2D eigenvalue weighted by Gasteiger charge is -2.27. The predicted molar refractivity (Wildman–Crippen MR) is 144 cm³/mol. The first kappa shape index (κ1) is 31.8. The molecule has 1 aliphatic heterocycles. The molecule has 9 heteroatoms. The van der Waals surface area contributed by atoms with Crippen LogP contribution >= 0.6 is 11.6 Å². The number of amidine groups is 1. The van der Waals surface area contributed by atoms with Crippen molar-refractivity contribution in [2.45, 2.75) is 66.3 Å². The molecule has 2 unspecified atom stereocenters. The number of benzene rings is 1. The summed E-state index contributed by atoms with van der Waals surface area (Å²) >= 11 is 5.93. The largest absolute Gasteiger partial charge is 0.374 e. The maximum atomic E-state index is 14.4. The highest BCUT2D eigenvalue weighted by atomic mass is 35.5. The molecule has 2 atom stereocenters. The third-order valence-electron chi connectivity index (χ3n) is 6.34. The first-order valence-electron chi connectivity index (χ1n) is 12.6. The van der Waals surface area contributed by atoms with Gasteiger partial charge in [0.2, 0.25) is 0 Å². The molecule has 0 aromatic heterocycles. The fraction of sp³-hybridized carbons (Fsp3) is 0.593. The van der Waals surface area contributed by atoms with E-state index in [9.17, 15) is 18.0 Å². The SMILES string of the molecule is C=NC(=NCc1cccc(C(F)F)c1F)C1=C(NCCl)CN(CC(C)C(CC)CCCC=O)C1.CC. The molecule has 0 saturated carbocycles. The van der Waals surface area contributed by atoms with Crippen LogP contribution in [0.5, 0.6) is 0 Å². The van der Waals surface area contributed by atoms with E-state index in [1.54, 1.807) is 0 Å². The Hall–Kier alpha value is -2.19. The quantitative estimate of drug-likeness (QED) is 0.0723. The van der Waals surface area contributed by atoms with Crippen molar-refractivity contribution in [2.24, 2.45) is 21.8 Å². The number of carbonyl (C=O) groups is 1. The molecule has 0 fully saturated rings. The molecule has 0 bridgehead atoms. The van der Waals surface area contributed by atoms with E-state index in [0.717, 1.165) is 49.4 Å². The smallest absolute Gasteiger partial charge is 0.266 e. The van der Waals surface area contributed by atoms with Gasteiger partial charge in [0.15, 0.2) is 5.84 Å². The van der Waals surface area contributed by atoms with Crippen molar-refractivity contribution in [1.29, 1.82) is 0 Å². The summed E-state index contributed by atoms with van der Waals surface area (Å²) in [7, 11) is 0. The zero-order chi connectivity index (χ0) is 27.1. The van der Waals surface area contributed by atoms with Crippen LogP contribution < -0.4 is 5.32 Å². The molecule has 1 aliphatic rings. The van der Waals surface area contributed by atoms with E-state index >= 15 is 0 Å². The summed E-state index contributed by atoms with van der Waals surface area (Å²) in [5.74, 6) is 0.350. The van der Waals surface area contributed by atoms with E-state index in [0.29, 0.717) is 37.2 Å². The molecular weight excluding hydrogens is 489 g/mol. The Morgan fingerprint density at radius 3 is 2.61 bits per heavy atom. The Morgan fingerprint density at radius 2 is 2.03 bits per heavy atom. The number of halogens is 4. The zero-order valence-electron chi connectivity index (χ0n) is 21.9. The molecule has 1 aromatic rings. The van der Waals surface area contributed by atoms with Crippen LogP contribution in [0.15, 0.2) is 39.5 Å². The molecule has 1 aromatic carbocycles. The van der Waals surface area contributed by atoms with Crippen molar-refractivity contribution in [2.75, 3.05) is 25.6 Å². The lowest BCUT2D eigenvalue weighted by Crippen LogP contribution is -2.31. The van der Waals surface area contributed by atoms with E-state index in [1.807, 2.05) is 13.8 Å². The molecule has 0 spiro atoms. The van der Waals surface area contributed by atoms with E-state index in [-0.39, 0.29) is 18.1 Å². The van der Waals surface area contributed by atoms with Crippen LogP contribution in [-0.4, -0.2) is 49.4 Å². The van der Waals surface area contributed by atoms with Crippen LogP contribution in [0, 0.1) is 17.7 Å². The van der Waals surface area contributed by atoms with Gasteiger partial charge in [-0.05, 0) is 31.4 Å². The third-order valence-corrected chi connectivity index (χ3v) is 6.48. The second-order valence-electron chi connectivity index (χ2n) is 8.60. The van der Waals surface area contributed by atoms with Gasteiger partial charge in [0.1, 0.15) is 12.1 Å². The number of hydrogen-bond donors (Lipinski definition) is 1. The van der Waals surface area contributed by atoms with Crippen molar-refractivity contribution < 1.29 is 18.0 Å². The topological polar surface area (TPSA) is 57.1 Å². The Labute approximate surface area is 218 Å². The number of rotatable bonds is 14. The molecule has 0 saturated heterocycles. The standard InChI is InChI=1S/C25H34ClF3N4O.C2H6/c1-4-18(8-5-6-11-34)17(2)13-33-14-21(22(15-33)32-16-26)25(30-3)31-12-19-9-7-10-20(23(19)27)24(28)29;1-2/h7,9-11,17-18,24,32H,3-6,8,12-16H2,1-2H3;1-2H3. The molecule has 0 amide bonds. The highest BCUT2D eigenvalue weighted by Crippen LogP contribution is 2.27. The van der Waals surface area contributed by atoms with Gasteiger partial charge in [0, 0.05) is 42.9 Å². The number of alkyl halides is 3. The van der Waals surface area contributed by atoms with E-state index in [1.165, 1.54) is 12.1 Å². The van der Waals surface area contributed by atoms with Gasteiger partial charge in [0.25, 0.3) is 6.43 Å². The summed E-state index contributed by atoms with van der Waals surface area (Å²) in [5.41, 5.74) is 1.14. The molecule has 2 rings (SSSR count). The summed E-state index contributed by atoms with van der Waals surface area (Å²) in [6.45, 7) is 14.0. The number of unbranched alkanes of at least 4 members (excludes halogenated alkanes) is 1. The fourth-order valence-electron chi connectivity index (χ4n) is 4.47. The summed E-state index contributed by atoms with van der Waals surface area (Å²) in [4.78, 5) is 21.4. The summed E-state index contributed by atoms with van der Waals surface area (Å²) in [6.07, 6.45) is 1.63. The number of aldehydes is 1. The minimum Gasteiger partial charge on any atom is -0.374 e. The highest BCUT2D eigenvalue weighted by molar-refractivity contribution is 6.17. The van der Waals surface area contributed by atoms with Gasteiger partial charge in [-0.3, -0.25) is 9.89 Å². The zero-order valence-corrected chi connectivity index (χ0v) is 22.6. The molecule has 0 aliphatic carbocycles. The van der Waals surface area contributed by atoms with Gasteiger partial charge < -0.3 is 10.1 Å². The second-order valence-corrected chi connectivity index (χ2v) is 8.87. The minimum atomic E-state index is -2.89. The first-order chi connectivity index (χ1) is 17.4. The Balaban J connectivity index is 0.00000316. The summed E-state index contributed by atoms with van der Waals surface area (Å²) < 4.78 is 40.4. The number of nitrogens with zero attached hydrogens (tertiary/aromatic N) is 3. The van der Waals surface area contributed by atoms with Crippen LogP contribution in [0.4, 0.5) is 13.2 Å². The van der Waals surface area contributed by atoms with Crippen LogP contribution in [0.1, 0.15) is 70.9 Å². The van der Waals surface area contributed by atoms with Gasteiger partial charge in [0.05, 0.1) is 18.1 Å². The number of nitrogens with one attached hydrogen (secondary N) is 1. The summed E-state index contributed by atoms with van der Waals surface area (Å²) in [5, 5.41) is 3.15. The monoisotopic (exact) mass is 528 g/mol. The molecular formula is C27H40ClF3N4O. The van der Waals surface area contributed by atoms with Gasteiger partial charge in [-0.25, -0.2) is 18.2 Å². The number of aliphatic imine (C=N–C) groups is 2. The van der Waals surface area contributed by atoms with Crippen LogP contribution in [-0.2, 0) is 11.3 Å². The molecule has 1 N–H and O–H groups in total. The van der Waals surface area contributed by atoms with E-state index < -0.39 is 17.8 Å². The Morgan fingerprint density at radius 1 is 1.31 bits per heavy atom. The van der Waals surface area contributed by atoms with Gasteiger partial charge in [-0.1, -0.05) is 52.3 Å². The van der Waals surface area contributed by atoms with Gasteiger partial charge in [-0.15, -0.1) is 11.6 Å². The second kappa shape index (κ2) is 17.3. The van der Waals surface area contributed by atoms with E-state index in [4.69, 9.17) is 11.6 Å². The van der Waals surface area contributed by atoms with Crippen molar-refractivity contribution >= 4 is 30.4 Å². The Kier molecular flexibility index (Phi) is 15.3. The average Bonchev–Trinajstić information content (AvgIpc) is 3.26. The van der Waals surface area contributed by atoms with E-state index in [2.05, 4.69) is 40.8 Å². The van der Waals surface area contributed by atoms with Crippen molar-refractivity contribution in [3.63, 3.8) is 0 Å². The number of carbonyl (C=O) groups excluding carboxylic acids is 1. The predicted octanol–water partition coefficient (Wildman–Crippen LogP) is 6.78. The van der Waals surface area contributed by atoms with Crippen LogP contribution in [0.25, 0.3) is 0 Å². The lowest BCUT2D eigenvalue weighted by atomic mass is 9.87. The molecule has 0 radical (unpaired) electrons. The third kappa shape index (κ3) is 9.36. The lowest BCUT2D eigenvalue weighted by molar-refractivity contribution is -0.108. The highest BCUT2D eigenvalue weighted by Gasteiger charge is 2.28. The summed E-state index contributed by atoms with van der Waals surface area (Å²) in [6, 6.07) is 4.12. The normalized spacial score (nSPS) is 16.0. The minimum absolute atomic E-state index is 0.0796. The van der Waals surface area contributed by atoms with Crippen molar-refractivity contribution in [3.05, 3.63) is 46.4 Å². The van der Waals surface area contributed by atoms with Gasteiger partial charge >= 0.3 is 0 Å².